The number of aromatic nitrogens is 3. The number of rotatable bonds is 5. The van der Waals surface area contributed by atoms with Gasteiger partial charge in [-0.2, -0.15) is 4.98 Å². The maximum absolute atomic E-state index is 15.1. The van der Waals surface area contributed by atoms with E-state index in [1.54, 1.807) is 48.0 Å². The van der Waals surface area contributed by atoms with Gasteiger partial charge in [0.1, 0.15) is 17.6 Å². The lowest BCUT2D eigenvalue weighted by Gasteiger charge is -2.29. The van der Waals surface area contributed by atoms with Gasteiger partial charge < -0.3 is 15.4 Å². The van der Waals surface area contributed by atoms with E-state index in [1.165, 1.54) is 13.2 Å². The number of carbonyl (C=O) groups excluding carboxylic acids is 1. The summed E-state index contributed by atoms with van der Waals surface area (Å²) in [6, 6.07) is 20.5. The Morgan fingerprint density at radius 1 is 1.03 bits per heavy atom. The average Bonchev–Trinajstić information content (AvgIpc) is 3.27. The second-order valence-electron chi connectivity index (χ2n) is 8.26. The maximum atomic E-state index is 15.1. The zero-order valence-corrected chi connectivity index (χ0v) is 19.5. The molecule has 2 heterocycles. The zero-order valence-electron chi connectivity index (χ0n) is 19.5. The minimum absolute atomic E-state index is 0.320. The van der Waals surface area contributed by atoms with Gasteiger partial charge in [0.25, 0.3) is 5.91 Å². The summed E-state index contributed by atoms with van der Waals surface area (Å²) in [5.74, 6) is 0.614. The van der Waals surface area contributed by atoms with Crippen molar-refractivity contribution in [3.8, 4) is 17.1 Å². The van der Waals surface area contributed by atoms with Crippen molar-refractivity contribution in [1.82, 2.24) is 14.8 Å². The first-order valence-corrected chi connectivity index (χ1v) is 11.2. The minimum Gasteiger partial charge on any atom is -0.495 e. The molecule has 176 valence electrons. The molecule has 8 heteroatoms. The van der Waals surface area contributed by atoms with Crippen LogP contribution in [-0.4, -0.2) is 27.8 Å². The van der Waals surface area contributed by atoms with Crippen molar-refractivity contribution in [2.24, 2.45) is 0 Å². The Bertz CT molecular complexity index is 1460. The third-order valence-corrected chi connectivity index (χ3v) is 6.04. The van der Waals surface area contributed by atoms with Crippen LogP contribution in [0, 0.1) is 12.7 Å². The fourth-order valence-corrected chi connectivity index (χ4v) is 4.30. The van der Waals surface area contributed by atoms with Gasteiger partial charge in [0.15, 0.2) is 5.82 Å². The van der Waals surface area contributed by atoms with Crippen LogP contribution in [0.15, 0.2) is 84.1 Å². The first-order chi connectivity index (χ1) is 17.0. The lowest BCUT2D eigenvalue weighted by atomic mass is 9.94. The van der Waals surface area contributed by atoms with Gasteiger partial charge in [-0.25, -0.2) is 9.07 Å². The summed E-state index contributed by atoms with van der Waals surface area (Å²) in [4.78, 5) is 18.3. The lowest BCUT2D eigenvalue weighted by Crippen LogP contribution is -2.32. The molecular formula is C27H24FN5O2. The van der Waals surface area contributed by atoms with E-state index < -0.39 is 17.8 Å². The normalized spacial score (nSPS) is 14.8. The molecule has 0 saturated heterocycles. The largest absolute Gasteiger partial charge is 0.495 e. The number of ether oxygens (including phenoxy) is 1. The third kappa shape index (κ3) is 4.03. The van der Waals surface area contributed by atoms with Crippen LogP contribution in [-0.2, 0) is 4.79 Å². The van der Waals surface area contributed by atoms with E-state index in [4.69, 9.17) is 9.84 Å². The van der Waals surface area contributed by atoms with Gasteiger partial charge >= 0.3 is 0 Å². The molecule has 5 rings (SSSR count). The Balaban J connectivity index is 1.63. The summed E-state index contributed by atoms with van der Waals surface area (Å²) in [5, 5.41) is 10.8. The molecule has 0 spiro atoms. The average molecular weight is 470 g/mol. The minimum atomic E-state index is -0.826. The topological polar surface area (TPSA) is 81.1 Å². The number of methoxy groups -OCH3 is 1. The SMILES string of the molecule is COc1ccccc1NC(=O)C1=C(C)Nc2nc(-c3ccccc3C)nn2C1c1ccccc1F. The second-order valence-corrected chi connectivity index (χ2v) is 8.26. The number of benzene rings is 3. The van der Waals surface area contributed by atoms with E-state index in [9.17, 15) is 4.79 Å². The van der Waals surface area contributed by atoms with Crippen LogP contribution in [0.4, 0.5) is 16.0 Å². The molecular weight excluding hydrogens is 445 g/mol. The molecule has 7 nitrogen and oxygen atoms in total. The van der Waals surface area contributed by atoms with Gasteiger partial charge in [-0.15, -0.1) is 5.10 Å². The summed E-state index contributed by atoms with van der Waals surface area (Å²) in [6.07, 6.45) is 0. The van der Waals surface area contributed by atoms with Crippen molar-refractivity contribution < 1.29 is 13.9 Å². The number of anilines is 2. The van der Waals surface area contributed by atoms with Crippen LogP contribution in [0.1, 0.15) is 24.1 Å². The van der Waals surface area contributed by atoms with Crippen LogP contribution in [0.2, 0.25) is 0 Å². The molecule has 1 amide bonds. The van der Waals surface area contributed by atoms with Crippen molar-refractivity contribution in [2.45, 2.75) is 19.9 Å². The molecule has 2 N–H and O–H groups in total. The number of nitrogens with one attached hydrogen (secondary N) is 2. The number of fused-ring (bicyclic) bond motifs is 1. The number of allylic oxidation sites excluding steroid dienone is 1. The fourth-order valence-electron chi connectivity index (χ4n) is 4.30. The summed E-state index contributed by atoms with van der Waals surface area (Å²) in [7, 11) is 1.54. The summed E-state index contributed by atoms with van der Waals surface area (Å²) >= 11 is 0. The Morgan fingerprint density at radius 3 is 2.51 bits per heavy atom. The number of hydrogen-bond acceptors (Lipinski definition) is 5. The number of nitrogens with zero attached hydrogens (tertiary/aromatic N) is 3. The van der Waals surface area contributed by atoms with E-state index in [2.05, 4.69) is 15.6 Å². The molecule has 1 aliphatic rings. The molecule has 0 aliphatic carbocycles. The Labute approximate surface area is 202 Å². The zero-order chi connectivity index (χ0) is 24.5. The molecule has 1 unspecified atom stereocenters. The van der Waals surface area contributed by atoms with E-state index in [0.29, 0.717) is 40.0 Å². The molecule has 0 radical (unpaired) electrons. The molecule has 0 bridgehead atoms. The smallest absolute Gasteiger partial charge is 0.255 e. The van der Waals surface area contributed by atoms with Gasteiger partial charge in [0.2, 0.25) is 5.95 Å². The third-order valence-electron chi connectivity index (χ3n) is 6.04. The van der Waals surface area contributed by atoms with Crippen molar-refractivity contribution in [3.05, 3.63) is 101 Å². The van der Waals surface area contributed by atoms with E-state index in [0.717, 1.165) is 11.1 Å². The van der Waals surface area contributed by atoms with Crippen molar-refractivity contribution in [2.75, 3.05) is 17.7 Å². The Hall–Kier alpha value is -4.46. The Morgan fingerprint density at radius 2 is 1.74 bits per heavy atom. The first kappa shape index (κ1) is 22.3. The predicted molar refractivity (Wildman–Crippen MR) is 133 cm³/mol. The number of carbonyl (C=O) groups is 1. The number of para-hydroxylation sites is 2. The van der Waals surface area contributed by atoms with Gasteiger partial charge in [-0.05, 0) is 37.6 Å². The van der Waals surface area contributed by atoms with Crippen molar-refractivity contribution >= 4 is 17.5 Å². The molecule has 0 fully saturated rings. The van der Waals surface area contributed by atoms with Crippen molar-refractivity contribution in [1.29, 1.82) is 0 Å². The standard InChI is InChI=1S/C27H24FN5O2/c1-16-10-4-5-11-18(16)25-31-27-29-17(2)23(26(34)30-21-14-8-9-15-22(21)35-3)24(33(27)32-25)19-12-6-7-13-20(19)28/h4-15,24H,1-3H3,(H,30,34)(H,29,31,32). The van der Waals surface area contributed by atoms with E-state index in [1.807, 2.05) is 37.3 Å². The Kier molecular flexibility index (Phi) is 5.78. The highest BCUT2D eigenvalue weighted by Gasteiger charge is 2.36. The number of hydrogen-bond donors (Lipinski definition) is 2. The number of halogens is 1. The lowest BCUT2D eigenvalue weighted by molar-refractivity contribution is -0.113. The first-order valence-electron chi connectivity index (χ1n) is 11.2. The summed E-state index contributed by atoms with van der Waals surface area (Å²) < 4.78 is 22.1. The molecule has 35 heavy (non-hydrogen) atoms. The molecule has 4 aromatic rings. The van der Waals surface area contributed by atoms with Crippen LogP contribution >= 0.6 is 0 Å². The molecule has 1 atom stereocenters. The second kappa shape index (κ2) is 9.06. The molecule has 3 aromatic carbocycles. The van der Waals surface area contributed by atoms with Gasteiger partial charge in [-0.1, -0.05) is 54.6 Å². The highest BCUT2D eigenvalue weighted by Crippen LogP contribution is 2.38. The fraction of sp³-hybridized carbons (Fsp3) is 0.148. The van der Waals surface area contributed by atoms with E-state index >= 15 is 4.39 Å². The van der Waals surface area contributed by atoms with Gasteiger partial charge in [-0.3, -0.25) is 4.79 Å². The predicted octanol–water partition coefficient (Wildman–Crippen LogP) is 5.33. The van der Waals surface area contributed by atoms with Crippen LogP contribution in [0.25, 0.3) is 11.4 Å². The van der Waals surface area contributed by atoms with E-state index in [-0.39, 0.29) is 0 Å². The van der Waals surface area contributed by atoms with Crippen LogP contribution < -0.4 is 15.4 Å². The number of aryl methyl sites for hydroxylation is 1. The highest BCUT2D eigenvalue weighted by atomic mass is 19.1. The summed E-state index contributed by atoms with van der Waals surface area (Å²) in [5.41, 5.74) is 3.59. The maximum Gasteiger partial charge on any atom is 0.255 e. The van der Waals surface area contributed by atoms with Crippen LogP contribution in [0.3, 0.4) is 0 Å². The van der Waals surface area contributed by atoms with Crippen LogP contribution in [0.5, 0.6) is 5.75 Å². The highest BCUT2D eigenvalue weighted by molar-refractivity contribution is 6.06. The van der Waals surface area contributed by atoms with Crippen molar-refractivity contribution in [3.63, 3.8) is 0 Å². The quantitative estimate of drug-likeness (QED) is 0.413. The molecule has 1 aromatic heterocycles. The van der Waals surface area contributed by atoms with Gasteiger partial charge in [0, 0.05) is 16.8 Å². The summed E-state index contributed by atoms with van der Waals surface area (Å²) in [6.45, 7) is 3.75. The molecule has 0 saturated carbocycles. The van der Waals surface area contributed by atoms with Gasteiger partial charge in [0.05, 0.1) is 18.4 Å². The monoisotopic (exact) mass is 469 g/mol. The molecule has 1 aliphatic heterocycles. The number of amides is 1.